The van der Waals surface area contributed by atoms with Crippen molar-refractivity contribution in [3.05, 3.63) is 62.7 Å². The molecule has 0 amide bonds. The first kappa shape index (κ1) is 18.0. The summed E-state index contributed by atoms with van der Waals surface area (Å²) in [5.41, 5.74) is -1.05. The molecule has 1 N–H and O–H groups in total. The Labute approximate surface area is 136 Å². The van der Waals surface area contributed by atoms with Crippen LogP contribution in [0.1, 0.15) is 5.56 Å². The lowest BCUT2D eigenvalue weighted by Crippen LogP contribution is -2.32. The molecule has 0 aliphatic carbocycles. The third-order valence-corrected chi connectivity index (χ3v) is 4.30. The highest BCUT2D eigenvalue weighted by molar-refractivity contribution is 7.86. The zero-order chi connectivity index (χ0) is 17.7. The van der Waals surface area contributed by atoms with E-state index in [2.05, 4.69) is 0 Å². The SMILES string of the molecule is Cc1ccc(S(=O)(=O)OCCOCn2cc(F)c(=O)[nH]c2=O)cc1. The van der Waals surface area contributed by atoms with Crippen molar-refractivity contribution in [2.75, 3.05) is 13.2 Å². The van der Waals surface area contributed by atoms with Crippen molar-refractivity contribution in [3.63, 3.8) is 0 Å². The van der Waals surface area contributed by atoms with Gasteiger partial charge in [-0.1, -0.05) is 17.7 Å². The van der Waals surface area contributed by atoms with Gasteiger partial charge in [0.15, 0.2) is 0 Å². The van der Waals surface area contributed by atoms with E-state index in [1.807, 2.05) is 6.92 Å². The topological polar surface area (TPSA) is 107 Å². The summed E-state index contributed by atoms with van der Waals surface area (Å²) in [5.74, 6) is -1.13. The number of benzene rings is 1. The molecule has 2 rings (SSSR count). The maximum absolute atomic E-state index is 13.0. The van der Waals surface area contributed by atoms with Gasteiger partial charge in [-0.05, 0) is 19.1 Å². The molecule has 0 saturated carbocycles. The van der Waals surface area contributed by atoms with E-state index in [1.54, 1.807) is 17.1 Å². The second-order valence-corrected chi connectivity index (χ2v) is 6.45. The van der Waals surface area contributed by atoms with E-state index < -0.39 is 27.2 Å². The minimum atomic E-state index is -3.90. The van der Waals surface area contributed by atoms with E-state index in [4.69, 9.17) is 8.92 Å². The van der Waals surface area contributed by atoms with Crippen molar-refractivity contribution in [1.29, 1.82) is 0 Å². The first-order valence-corrected chi connectivity index (χ1v) is 8.23. The predicted molar refractivity (Wildman–Crippen MR) is 81.5 cm³/mol. The number of aromatic amines is 1. The fourth-order valence-electron chi connectivity index (χ4n) is 1.72. The first-order valence-electron chi connectivity index (χ1n) is 6.83. The number of nitrogens with zero attached hydrogens (tertiary/aromatic N) is 1. The number of hydrogen-bond donors (Lipinski definition) is 1. The van der Waals surface area contributed by atoms with Gasteiger partial charge in [0.05, 0.1) is 24.3 Å². The summed E-state index contributed by atoms with van der Waals surface area (Å²) in [5, 5.41) is 0. The summed E-state index contributed by atoms with van der Waals surface area (Å²) < 4.78 is 47.4. The lowest BCUT2D eigenvalue weighted by molar-refractivity contribution is 0.0519. The van der Waals surface area contributed by atoms with Crippen LogP contribution < -0.4 is 11.2 Å². The minimum absolute atomic E-state index is 0.0204. The van der Waals surface area contributed by atoms with Crippen LogP contribution in [0.3, 0.4) is 0 Å². The van der Waals surface area contributed by atoms with Gasteiger partial charge in [0.25, 0.3) is 15.7 Å². The molecular formula is C14H15FN2O6S. The summed E-state index contributed by atoms with van der Waals surface area (Å²) in [7, 11) is -3.90. The van der Waals surface area contributed by atoms with E-state index in [0.717, 1.165) is 10.1 Å². The van der Waals surface area contributed by atoms with Crippen molar-refractivity contribution in [1.82, 2.24) is 9.55 Å². The molecular weight excluding hydrogens is 343 g/mol. The van der Waals surface area contributed by atoms with Gasteiger partial charge in [-0.3, -0.25) is 18.5 Å². The fraction of sp³-hybridized carbons (Fsp3) is 0.286. The Hall–Kier alpha value is -2.30. The Kier molecular flexibility index (Phi) is 5.65. The number of H-pyrrole nitrogens is 1. The number of hydrogen-bond acceptors (Lipinski definition) is 6. The predicted octanol–water partition coefficient (Wildman–Crippen LogP) is 0.364. The van der Waals surface area contributed by atoms with Gasteiger partial charge in [-0.25, -0.2) is 4.79 Å². The van der Waals surface area contributed by atoms with Crippen LogP contribution in [0.15, 0.2) is 44.9 Å². The van der Waals surface area contributed by atoms with Gasteiger partial charge in [0, 0.05) is 0 Å². The number of aromatic nitrogens is 2. The third kappa shape index (κ3) is 4.60. The third-order valence-electron chi connectivity index (χ3n) is 2.97. The Balaban J connectivity index is 1.85. The summed E-state index contributed by atoms with van der Waals surface area (Å²) in [6.45, 7) is 1.03. The van der Waals surface area contributed by atoms with Gasteiger partial charge < -0.3 is 4.74 Å². The Morgan fingerprint density at radius 3 is 2.50 bits per heavy atom. The van der Waals surface area contributed by atoms with E-state index >= 15 is 0 Å². The molecule has 0 radical (unpaired) electrons. The van der Waals surface area contributed by atoms with Crippen LogP contribution in [-0.2, 0) is 25.8 Å². The van der Waals surface area contributed by atoms with Gasteiger partial charge >= 0.3 is 5.69 Å². The highest BCUT2D eigenvalue weighted by Gasteiger charge is 2.14. The molecule has 0 atom stereocenters. The van der Waals surface area contributed by atoms with Crippen molar-refractivity contribution >= 4 is 10.1 Å². The summed E-state index contributed by atoms with van der Waals surface area (Å²) >= 11 is 0. The second kappa shape index (κ2) is 7.51. The van der Waals surface area contributed by atoms with Crippen LogP contribution in [0.25, 0.3) is 0 Å². The molecule has 0 saturated heterocycles. The lowest BCUT2D eigenvalue weighted by atomic mass is 10.2. The van der Waals surface area contributed by atoms with Gasteiger partial charge in [0.1, 0.15) is 6.73 Å². The fourth-order valence-corrected chi connectivity index (χ4v) is 2.61. The molecule has 130 valence electrons. The van der Waals surface area contributed by atoms with E-state index in [9.17, 15) is 22.4 Å². The van der Waals surface area contributed by atoms with Crippen molar-refractivity contribution in [2.45, 2.75) is 18.6 Å². The molecule has 1 heterocycles. The summed E-state index contributed by atoms with van der Waals surface area (Å²) in [6, 6.07) is 6.14. The van der Waals surface area contributed by atoms with Crippen molar-refractivity contribution in [2.24, 2.45) is 0 Å². The molecule has 1 aromatic carbocycles. The van der Waals surface area contributed by atoms with Crippen LogP contribution in [-0.4, -0.2) is 31.2 Å². The molecule has 1 aromatic heterocycles. The van der Waals surface area contributed by atoms with Crippen LogP contribution >= 0.6 is 0 Å². The van der Waals surface area contributed by atoms with Crippen LogP contribution in [0.5, 0.6) is 0 Å². The van der Waals surface area contributed by atoms with Gasteiger partial charge in [0.2, 0.25) is 5.82 Å². The quantitative estimate of drug-likeness (QED) is 0.566. The maximum atomic E-state index is 13.0. The van der Waals surface area contributed by atoms with Gasteiger partial charge in [-0.2, -0.15) is 12.8 Å². The molecule has 0 spiro atoms. The number of nitrogens with one attached hydrogen (secondary N) is 1. The van der Waals surface area contributed by atoms with Crippen LogP contribution in [0.2, 0.25) is 0 Å². The van der Waals surface area contributed by atoms with Crippen LogP contribution in [0.4, 0.5) is 4.39 Å². The molecule has 0 unspecified atom stereocenters. The average Bonchev–Trinajstić information content (AvgIpc) is 2.52. The largest absolute Gasteiger partial charge is 0.358 e. The molecule has 0 aliphatic heterocycles. The van der Waals surface area contributed by atoms with E-state index in [1.165, 1.54) is 12.1 Å². The monoisotopic (exact) mass is 358 g/mol. The number of halogens is 1. The lowest BCUT2D eigenvalue weighted by Gasteiger charge is -2.08. The Morgan fingerprint density at radius 2 is 1.83 bits per heavy atom. The van der Waals surface area contributed by atoms with Crippen LogP contribution in [0, 0.1) is 12.7 Å². The van der Waals surface area contributed by atoms with E-state index in [0.29, 0.717) is 6.20 Å². The number of aryl methyl sites for hydroxylation is 1. The zero-order valence-corrected chi connectivity index (χ0v) is 13.5. The standard InChI is InChI=1S/C14H15FN2O6S/c1-10-2-4-11(5-3-10)24(20,21)23-7-6-22-9-17-8-12(15)13(18)16-14(17)19/h2-5,8H,6-7,9H2,1H3,(H,16,18,19). The molecule has 0 aliphatic rings. The van der Waals surface area contributed by atoms with Crippen molar-refractivity contribution in [3.8, 4) is 0 Å². The maximum Gasteiger partial charge on any atom is 0.330 e. The minimum Gasteiger partial charge on any atom is -0.358 e. The summed E-state index contributed by atoms with van der Waals surface area (Å²) in [6.07, 6.45) is 0.699. The van der Waals surface area contributed by atoms with Crippen molar-refractivity contribution < 1.29 is 21.7 Å². The second-order valence-electron chi connectivity index (χ2n) is 4.83. The number of rotatable bonds is 7. The van der Waals surface area contributed by atoms with E-state index in [-0.39, 0.29) is 24.8 Å². The number of ether oxygens (including phenoxy) is 1. The molecule has 8 nitrogen and oxygen atoms in total. The molecule has 24 heavy (non-hydrogen) atoms. The molecule has 0 bridgehead atoms. The highest BCUT2D eigenvalue weighted by atomic mass is 32.2. The molecule has 0 fully saturated rings. The molecule has 10 heteroatoms. The molecule has 2 aromatic rings. The average molecular weight is 358 g/mol. The Bertz CT molecular complexity index is 918. The highest BCUT2D eigenvalue weighted by Crippen LogP contribution is 2.12. The summed E-state index contributed by atoms with van der Waals surface area (Å²) in [4.78, 5) is 24.0. The van der Waals surface area contributed by atoms with Gasteiger partial charge in [-0.15, -0.1) is 0 Å². The first-order chi connectivity index (χ1) is 11.3. The normalized spacial score (nSPS) is 11.6. The zero-order valence-electron chi connectivity index (χ0n) is 12.7. The Morgan fingerprint density at radius 1 is 1.17 bits per heavy atom. The smallest absolute Gasteiger partial charge is 0.330 e.